The molecule has 0 bridgehead atoms. The molecular weight excluding hydrogens is 178 g/mol. The monoisotopic (exact) mass is 193 g/mol. The first-order valence-corrected chi connectivity index (χ1v) is 5.19. The number of carbonyl (C=O) groups is 1. The van der Waals surface area contributed by atoms with Crippen molar-refractivity contribution in [2.75, 3.05) is 0 Å². The van der Waals surface area contributed by atoms with Crippen LogP contribution in [0.15, 0.2) is 10.7 Å². The number of oxazole rings is 1. The van der Waals surface area contributed by atoms with E-state index >= 15 is 0 Å². The second kappa shape index (κ2) is 3.95. The first kappa shape index (κ1) is 9.44. The number of Topliss-reactive ketones (excluding diaryl/α,β-unsaturated/α-hetero) is 1. The summed E-state index contributed by atoms with van der Waals surface area (Å²) in [4.78, 5) is 15.2. The Kier molecular flexibility index (Phi) is 2.66. The summed E-state index contributed by atoms with van der Waals surface area (Å²) < 4.78 is 5.39. The molecule has 0 radical (unpaired) electrons. The molecule has 1 aromatic rings. The molecule has 0 spiro atoms. The minimum atomic E-state index is 0.135. The van der Waals surface area contributed by atoms with E-state index < -0.39 is 0 Å². The van der Waals surface area contributed by atoms with E-state index in [4.69, 9.17) is 4.42 Å². The zero-order chi connectivity index (χ0) is 9.97. The summed E-state index contributed by atoms with van der Waals surface area (Å²) >= 11 is 0. The normalized spacial score (nSPS) is 17.5. The maximum atomic E-state index is 10.9. The molecule has 1 heterocycles. The molecule has 0 amide bonds. The lowest BCUT2D eigenvalue weighted by Crippen LogP contribution is -1.98. The van der Waals surface area contributed by atoms with Gasteiger partial charge in [0.05, 0.1) is 12.1 Å². The Hall–Kier alpha value is -1.12. The zero-order valence-corrected chi connectivity index (χ0v) is 8.45. The van der Waals surface area contributed by atoms with Crippen LogP contribution in [-0.2, 0) is 11.2 Å². The number of aromatic nitrogens is 1. The maximum Gasteiger partial charge on any atom is 0.197 e. The number of hydrogen-bond donors (Lipinski definition) is 0. The van der Waals surface area contributed by atoms with Gasteiger partial charge in [-0.15, -0.1) is 0 Å². The molecule has 0 unspecified atom stereocenters. The van der Waals surface area contributed by atoms with Gasteiger partial charge < -0.3 is 4.42 Å². The molecule has 0 aliphatic heterocycles. The van der Waals surface area contributed by atoms with Crippen LogP contribution in [0.25, 0.3) is 0 Å². The average Bonchev–Trinajstić information content (AvgIpc) is 2.69. The summed E-state index contributed by atoms with van der Waals surface area (Å²) in [6.07, 6.45) is 6.93. The molecule has 0 N–H and O–H groups in total. The van der Waals surface area contributed by atoms with E-state index in [1.54, 1.807) is 13.2 Å². The molecule has 1 aliphatic carbocycles. The Bertz CT molecular complexity index is 324. The van der Waals surface area contributed by atoms with E-state index in [2.05, 4.69) is 4.98 Å². The van der Waals surface area contributed by atoms with Crippen molar-refractivity contribution in [3.63, 3.8) is 0 Å². The first-order valence-electron chi connectivity index (χ1n) is 5.19. The standard InChI is InChI=1S/C11H15NO2/c1-8(13)6-10-7-14-11(12-10)9-4-2-3-5-9/h7,9H,2-6H2,1H3. The van der Waals surface area contributed by atoms with Crippen LogP contribution in [0, 0.1) is 0 Å². The van der Waals surface area contributed by atoms with E-state index in [0.717, 1.165) is 11.6 Å². The van der Waals surface area contributed by atoms with E-state index in [1.807, 2.05) is 0 Å². The summed E-state index contributed by atoms with van der Waals surface area (Å²) in [6.45, 7) is 1.57. The number of hydrogen-bond acceptors (Lipinski definition) is 3. The molecule has 3 nitrogen and oxygen atoms in total. The van der Waals surface area contributed by atoms with Gasteiger partial charge in [-0.2, -0.15) is 0 Å². The van der Waals surface area contributed by atoms with E-state index in [-0.39, 0.29) is 5.78 Å². The Morgan fingerprint density at radius 1 is 1.57 bits per heavy atom. The van der Waals surface area contributed by atoms with Crippen molar-refractivity contribution >= 4 is 5.78 Å². The fourth-order valence-corrected chi connectivity index (χ4v) is 2.02. The third-order valence-electron chi connectivity index (χ3n) is 2.70. The van der Waals surface area contributed by atoms with Crippen molar-refractivity contribution in [3.8, 4) is 0 Å². The summed E-state index contributed by atoms with van der Waals surface area (Å²) in [7, 11) is 0. The quantitative estimate of drug-likeness (QED) is 0.740. The molecule has 0 aromatic carbocycles. The maximum absolute atomic E-state index is 10.9. The van der Waals surface area contributed by atoms with E-state index in [9.17, 15) is 4.79 Å². The highest BCUT2D eigenvalue weighted by molar-refractivity contribution is 5.77. The first-order chi connectivity index (χ1) is 6.75. The molecule has 0 atom stereocenters. The Morgan fingerprint density at radius 2 is 2.29 bits per heavy atom. The van der Waals surface area contributed by atoms with Crippen LogP contribution < -0.4 is 0 Å². The second-order valence-electron chi connectivity index (χ2n) is 4.04. The SMILES string of the molecule is CC(=O)Cc1coc(C2CCCC2)n1. The molecule has 1 aromatic heterocycles. The summed E-state index contributed by atoms with van der Waals surface area (Å²) in [5, 5.41) is 0. The van der Waals surface area contributed by atoms with Crippen LogP contribution in [0.5, 0.6) is 0 Å². The van der Waals surface area contributed by atoms with Crippen LogP contribution in [0.2, 0.25) is 0 Å². The van der Waals surface area contributed by atoms with Crippen molar-refractivity contribution in [1.82, 2.24) is 4.98 Å². The van der Waals surface area contributed by atoms with Crippen LogP contribution in [-0.4, -0.2) is 10.8 Å². The third kappa shape index (κ3) is 2.03. The highest BCUT2D eigenvalue weighted by Gasteiger charge is 2.21. The second-order valence-corrected chi connectivity index (χ2v) is 4.04. The van der Waals surface area contributed by atoms with Crippen LogP contribution in [0.4, 0.5) is 0 Å². The van der Waals surface area contributed by atoms with Crippen molar-refractivity contribution in [2.24, 2.45) is 0 Å². The summed E-state index contributed by atoms with van der Waals surface area (Å²) in [5.41, 5.74) is 0.777. The number of carbonyl (C=O) groups excluding carboxylic acids is 1. The van der Waals surface area contributed by atoms with Crippen molar-refractivity contribution in [3.05, 3.63) is 17.8 Å². The van der Waals surface area contributed by atoms with Crippen LogP contribution in [0.3, 0.4) is 0 Å². The minimum absolute atomic E-state index is 0.135. The summed E-state index contributed by atoms with van der Waals surface area (Å²) in [5.74, 6) is 1.46. The van der Waals surface area contributed by atoms with Gasteiger partial charge in [-0.3, -0.25) is 4.79 Å². The number of ketones is 1. The molecule has 3 heteroatoms. The van der Waals surface area contributed by atoms with Gasteiger partial charge in [0.2, 0.25) is 0 Å². The van der Waals surface area contributed by atoms with Gasteiger partial charge in [0, 0.05) is 5.92 Å². The van der Waals surface area contributed by atoms with Gasteiger partial charge in [0.1, 0.15) is 12.0 Å². The smallest absolute Gasteiger partial charge is 0.197 e. The van der Waals surface area contributed by atoms with Crippen LogP contribution >= 0.6 is 0 Å². The predicted molar refractivity (Wildman–Crippen MR) is 52.1 cm³/mol. The average molecular weight is 193 g/mol. The highest BCUT2D eigenvalue weighted by atomic mass is 16.3. The van der Waals surface area contributed by atoms with Gasteiger partial charge in [0.25, 0.3) is 0 Å². The zero-order valence-electron chi connectivity index (χ0n) is 8.45. The Balaban J connectivity index is 2.05. The van der Waals surface area contributed by atoms with Gasteiger partial charge in [-0.05, 0) is 19.8 Å². The molecule has 2 rings (SSSR count). The van der Waals surface area contributed by atoms with Gasteiger partial charge in [-0.1, -0.05) is 12.8 Å². The molecule has 1 saturated carbocycles. The Labute approximate surface area is 83.5 Å². The van der Waals surface area contributed by atoms with Crippen molar-refractivity contribution in [1.29, 1.82) is 0 Å². The molecular formula is C11H15NO2. The lowest BCUT2D eigenvalue weighted by molar-refractivity contribution is -0.116. The van der Waals surface area contributed by atoms with Crippen LogP contribution in [0.1, 0.15) is 50.1 Å². The third-order valence-corrected chi connectivity index (χ3v) is 2.70. The van der Waals surface area contributed by atoms with Crippen molar-refractivity contribution in [2.45, 2.75) is 44.9 Å². The lowest BCUT2D eigenvalue weighted by atomic mass is 10.1. The number of rotatable bonds is 3. The molecule has 0 saturated heterocycles. The van der Waals surface area contributed by atoms with Gasteiger partial charge >= 0.3 is 0 Å². The Morgan fingerprint density at radius 3 is 2.93 bits per heavy atom. The predicted octanol–water partition coefficient (Wildman–Crippen LogP) is 2.46. The fourth-order valence-electron chi connectivity index (χ4n) is 2.02. The highest BCUT2D eigenvalue weighted by Crippen LogP contribution is 2.33. The largest absolute Gasteiger partial charge is 0.448 e. The van der Waals surface area contributed by atoms with Gasteiger partial charge in [0.15, 0.2) is 5.89 Å². The fraction of sp³-hybridized carbons (Fsp3) is 0.636. The minimum Gasteiger partial charge on any atom is -0.448 e. The topological polar surface area (TPSA) is 43.1 Å². The van der Waals surface area contributed by atoms with Crippen molar-refractivity contribution < 1.29 is 9.21 Å². The van der Waals surface area contributed by atoms with E-state index in [1.165, 1.54) is 25.7 Å². The lowest BCUT2D eigenvalue weighted by Gasteiger charge is -2.00. The summed E-state index contributed by atoms with van der Waals surface area (Å²) in [6, 6.07) is 0. The molecule has 76 valence electrons. The molecule has 1 fully saturated rings. The molecule has 1 aliphatic rings. The number of nitrogens with zero attached hydrogens (tertiary/aromatic N) is 1. The van der Waals surface area contributed by atoms with Gasteiger partial charge in [-0.25, -0.2) is 4.98 Å². The molecule has 14 heavy (non-hydrogen) atoms. The van der Waals surface area contributed by atoms with E-state index in [0.29, 0.717) is 12.3 Å².